The predicted octanol–water partition coefficient (Wildman–Crippen LogP) is 1.84. The van der Waals surface area contributed by atoms with Crippen LogP contribution in [0.1, 0.15) is 12.8 Å². The van der Waals surface area contributed by atoms with Crippen LogP contribution in [-0.2, 0) is 14.8 Å². The summed E-state index contributed by atoms with van der Waals surface area (Å²) in [6.45, 7) is 0.334. The lowest BCUT2D eigenvalue weighted by Gasteiger charge is -2.21. The van der Waals surface area contributed by atoms with E-state index < -0.39 is 27.8 Å². The van der Waals surface area contributed by atoms with Gasteiger partial charge in [0.25, 0.3) is 0 Å². The van der Waals surface area contributed by atoms with Gasteiger partial charge in [0.15, 0.2) is 0 Å². The van der Waals surface area contributed by atoms with Crippen LogP contribution in [0.3, 0.4) is 0 Å². The Hall–Kier alpha value is -1.18. The highest BCUT2D eigenvalue weighted by Gasteiger charge is 2.36. The normalized spacial score (nSPS) is 20.1. The fourth-order valence-corrected chi connectivity index (χ4v) is 3.50. The molecule has 0 radical (unpaired) electrons. The van der Waals surface area contributed by atoms with Crippen molar-refractivity contribution in [3.05, 3.63) is 29.0 Å². The SMILES string of the molecule is CS(=O)(=O)N1CCC[C@H]1C(=O)Nc1ccc(F)c(Cl)c1. The summed E-state index contributed by atoms with van der Waals surface area (Å²) >= 11 is 5.63. The maximum Gasteiger partial charge on any atom is 0.242 e. The quantitative estimate of drug-likeness (QED) is 0.924. The van der Waals surface area contributed by atoms with E-state index in [2.05, 4.69) is 5.32 Å². The molecule has 8 heteroatoms. The summed E-state index contributed by atoms with van der Waals surface area (Å²) in [5, 5.41) is 2.46. The first kappa shape index (κ1) is 15.2. The molecule has 1 aromatic rings. The highest BCUT2D eigenvalue weighted by Crippen LogP contribution is 2.23. The predicted molar refractivity (Wildman–Crippen MR) is 74.6 cm³/mol. The number of benzene rings is 1. The molecule has 1 atom stereocenters. The van der Waals surface area contributed by atoms with Gasteiger partial charge in [-0.15, -0.1) is 0 Å². The van der Waals surface area contributed by atoms with E-state index in [0.717, 1.165) is 12.3 Å². The molecule has 1 N–H and O–H groups in total. The van der Waals surface area contributed by atoms with E-state index >= 15 is 0 Å². The molecular weight excluding hydrogens is 307 g/mol. The zero-order chi connectivity index (χ0) is 14.9. The van der Waals surface area contributed by atoms with Gasteiger partial charge >= 0.3 is 0 Å². The maximum absolute atomic E-state index is 13.0. The molecule has 0 spiro atoms. The first-order chi connectivity index (χ1) is 9.29. The molecule has 0 unspecified atom stereocenters. The van der Waals surface area contributed by atoms with E-state index in [1.807, 2.05) is 0 Å². The van der Waals surface area contributed by atoms with Crippen molar-refractivity contribution in [1.29, 1.82) is 0 Å². The highest BCUT2D eigenvalue weighted by atomic mass is 35.5. The van der Waals surface area contributed by atoms with E-state index in [-0.39, 0.29) is 5.02 Å². The molecule has 0 aromatic heterocycles. The van der Waals surface area contributed by atoms with E-state index in [4.69, 9.17) is 11.6 Å². The van der Waals surface area contributed by atoms with Crippen LogP contribution in [0.25, 0.3) is 0 Å². The number of rotatable bonds is 3. The largest absolute Gasteiger partial charge is 0.325 e. The van der Waals surface area contributed by atoms with Crippen molar-refractivity contribution in [2.24, 2.45) is 0 Å². The van der Waals surface area contributed by atoms with Gasteiger partial charge in [0.1, 0.15) is 11.9 Å². The Balaban J connectivity index is 2.13. The van der Waals surface area contributed by atoms with Crippen molar-refractivity contribution in [3.63, 3.8) is 0 Å². The van der Waals surface area contributed by atoms with E-state index in [9.17, 15) is 17.6 Å². The Kier molecular flexibility index (Phi) is 4.31. The number of carbonyl (C=O) groups excluding carboxylic acids is 1. The van der Waals surface area contributed by atoms with Crippen LogP contribution in [0, 0.1) is 5.82 Å². The second-order valence-electron chi connectivity index (χ2n) is 4.65. The summed E-state index contributed by atoms with van der Waals surface area (Å²) in [6.07, 6.45) is 2.18. The van der Waals surface area contributed by atoms with E-state index in [0.29, 0.717) is 25.1 Å². The second-order valence-corrected chi connectivity index (χ2v) is 6.99. The maximum atomic E-state index is 13.0. The fourth-order valence-electron chi connectivity index (χ4n) is 2.20. The van der Waals surface area contributed by atoms with Crippen LogP contribution < -0.4 is 5.32 Å². The van der Waals surface area contributed by atoms with Gasteiger partial charge in [0, 0.05) is 12.2 Å². The van der Waals surface area contributed by atoms with Gasteiger partial charge < -0.3 is 5.32 Å². The summed E-state index contributed by atoms with van der Waals surface area (Å²) in [6, 6.07) is 3.07. The van der Waals surface area contributed by atoms with Crippen molar-refractivity contribution in [3.8, 4) is 0 Å². The number of hydrogen-bond donors (Lipinski definition) is 1. The summed E-state index contributed by atoms with van der Waals surface area (Å²) in [5.74, 6) is -1.01. The lowest BCUT2D eigenvalue weighted by atomic mass is 10.2. The minimum Gasteiger partial charge on any atom is -0.325 e. The number of halogens is 2. The minimum absolute atomic E-state index is 0.103. The zero-order valence-electron chi connectivity index (χ0n) is 10.8. The number of anilines is 1. The number of hydrogen-bond acceptors (Lipinski definition) is 3. The summed E-state index contributed by atoms with van der Waals surface area (Å²) in [5.41, 5.74) is 0.335. The van der Waals surface area contributed by atoms with E-state index in [1.54, 1.807) is 0 Å². The Bertz CT molecular complexity index is 636. The van der Waals surface area contributed by atoms with Crippen LogP contribution in [-0.4, -0.2) is 37.5 Å². The molecule has 1 saturated heterocycles. The molecule has 2 rings (SSSR count). The average molecular weight is 321 g/mol. The van der Waals surface area contributed by atoms with Crippen molar-refractivity contribution < 1.29 is 17.6 Å². The number of carbonyl (C=O) groups is 1. The molecule has 20 heavy (non-hydrogen) atoms. The van der Waals surface area contributed by atoms with Crippen LogP contribution in [0.2, 0.25) is 5.02 Å². The number of nitrogens with zero attached hydrogens (tertiary/aromatic N) is 1. The van der Waals surface area contributed by atoms with Gasteiger partial charge in [-0.2, -0.15) is 4.31 Å². The van der Waals surface area contributed by atoms with Crippen molar-refractivity contribution in [2.45, 2.75) is 18.9 Å². The number of nitrogens with one attached hydrogen (secondary N) is 1. The minimum atomic E-state index is -3.42. The van der Waals surface area contributed by atoms with Gasteiger partial charge in [-0.1, -0.05) is 11.6 Å². The second kappa shape index (κ2) is 5.67. The summed E-state index contributed by atoms with van der Waals surface area (Å²) in [7, 11) is -3.42. The van der Waals surface area contributed by atoms with Gasteiger partial charge in [-0.05, 0) is 31.0 Å². The molecule has 0 aliphatic carbocycles. The monoisotopic (exact) mass is 320 g/mol. The van der Waals surface area contributed by atoms with Crippen molar-refractivity contribution in [2.75, 3.05) is 18.1 Å². The molecule has 5 nitrogen and oxygen atoms in total. The van der Waals surface area contributed by atoms with Crippen LogP contribution in [0.4, 0.5) is 10.1 Å². The van der Waals surface area contributed by atoms with Crippen LogP contribution in [0.15, 0.2) is 18.2 Å². The number of amides is 1. The molecule has 1 amide bonds. The molecule has 1 aliphatic heterocycles. The average Bonchev–Trinajstić information content (AvgIpc) is 2.83. The third-order valence-electron chi connectivity index (χ3n) is 3.12. The molecule has 1 aliphatic rings. The molecule has 0 bridgehead atoms. The molecular formula is C12H14ClFN2O3S. The Morgan fingerprint density at radius 3 is 2.80 bits per heavy atom. The molecule has 110 valence electrons. The molecule has 1 heterocycles. The standard InChI is InChI=1S/C12H14ClFN2O3S/c1-20(18,19)16-6-2-3-11(16)12(17)15-8-4-5-10(14)9(13)7-8/h4-5,7,11H,2-3,6H2,1H3,(H,15,17)/t11-/m0/s1. The third kappa shape index (κ3) is 3.28. The smallest absolute Gasteiger partial charge is 0.242 e. The lowest BCUT2D eigenvalue weighted by molar-refractivity contribution is -0.119. The van der Waals surface area contributed by atoms with Gasteiger partial charge in [-0.25, -0.2) is 12.8 Å². The topological polar surface area (TPSA) is 66.5 Å². The first-order valence-electron chi connectivity index (χ1n) is 6.02. The highest BCUT2D eigenvalue weighted by molar-refractivity contribution is 7.88. The lowest BCUT2D eigenvalue weighted by Crippen LogP contribution is -2.42. The number of sulfonamides is 1. The van der Waals surface area contributed by atoms with E-state index in [1.165, 1.54) is 16.4 Å². The fraction of sp³-hybridized carbons (Fsp3) is 0.417. The molecule has 1 aromatic carbocycles. The van der Waals surface area contributed by atoms with Crippen molar-refractivity contribution in [1.82, 2.24) is 4.31 Å². The Morgan fingerprint density at radius 1 is 1.50 bits per heavy atom. The molecule has 0 saturated carbocycles. The van der Waals surface area contributed by atoms with Gasteiger partial charge in [0.05, 0.1) is 11.3 Å². The third-order valence-corrected chi connectivity index (χ3v) is 4.70. The summed E-state index contributed by atoms with van der Waals surface area (Å²) in [4.78, 5) is 12.1. The zero-order valence-corrected chi connectivity index (χ0v) is 12.3. The molecule has 1 fully saturated rings. The van der Waals surface area contributed by atoms with Gasteiger partial charge in [0.2, 0.25) is 15.9 Å². The van der Waals surface area contributed by atoms with Crippen LogP contribution >= 0.6 is 11.6 Å². The Morgan fingerprint density at radius 2 is 2.20 bits per heavy atom. The summed E-state index contributed by atoms with van der Waals surface area (Å²) < 4.78 is 37.3. The van der Waals surface area contributed by atoms with Crippen molar-refractivity contribution >= 4 is 33.2 Å². The Labute approximate surface area is 121 Å². The van der Waals surface area contributed by atoms with Crippen LogP contribution in [0.5, 0.6) is 0 Å². The van der Waals surface area contributed by atoms with Gasteiger partial charge in [-0.3, -0.25) is 4.79 Å². The first-order valence-corrected chi connectivity index (χ1v) is 8.24.